The monoisotopic (exact) mass is 366 g/mol. The second kappa shape index (κ2) is 5.68. The second-order valence-electron chi connectivity index (χ2n) is 5.29. The Morgan fingerprint density at radius 1 is 1.09 bits per heavy atom. The van der Waals surface area contributed by atoms with E-state index in [1.54, 1.807) is 0 Å². The molecule has 2 N–H and O–H groups in total. The lowest BCUT2D eigenvalue weighted by Gasteiger charge is -2.18. The zero-order valence-corrected chi connectivity index (χ0v) is 13.1. The Hall–Kier alpha value is -1.95. The molecule has 0 heterocycles. The Balaban J connectivity index is 1.70. The van der Waals surface area contributed by atoms with Gasteiger partial charge in [0.25, 0.3) is 0 Å². The van der Waals surface area contributed by atoms with Crippen molar-refractivity contribution in [2.45, 2.75) is 18.4 Å². The molecule has 0 aliphatic heterocycles. The van der Waals surface area contributed by atoms with E-state index in [1.807, 2.05) is 24.3 Å². The van der Waals surface area contributed by atoms with Crippen molar-refractivity contribution in [2.24, 2.45) is 0 Å². The van der Waals surface area contributed by atoms with Crippen LogP contribution in [0.2, 0.25) is 0 Å². The summed E-state index contributed by atoms with van der Waals surface area (Å²) in [6.07, 6.45) is 1.65. The zero-order chi connectivity index (χ0) is 15.7. The number of hydrogen-bond donors (Lipinski definition) is 2. The first-order chi connectivity index (χ1) is 10.5. The fourth-order valence-electron chi connectivity index (χ4n) is 2.34. The van der Waals surface area contributed by atoms with Crippen molar-refractivity contribution in [1.82, 2.24) is 5.32 Å². The van der Waals surface area contributed by atoms with Crippen LogP contribution in [0.25, 0.3) is 0 Å². The standard InChI is InChI=1S/C16H13BrF2N2O/c17-11-3-1-10(2-4-11)16(7-8-16)21-15(22)20-14-6-5-12(18)9-13(14)19/h1-6,9H,7-8H2,(H2,20,21,22). The lowest BCUT2D eigenvalue weighted by atomic mass is 10.1. The summed E-state index contributed by atoms with van der Waals surface area (Å²) in [5.41, 5.74) is 0.553. The largest absolute Gasteiger partial charge is 0.328 e. The fourth-order valence-corrected chi connectivity index (χ4v) is 2.61. The van der Waals surface area contributed by atoms with E-state index in [4.69, 9.17) is 0 Å². The predicted octanol–water partition coefficient (Wildman–Crippen LogP) is 4.54. The first kappa shape index (κ1) is 15.0. The number of anilines is 1. The molecule has 3 nitrogen and oxygen atoms in total. The summed E-state index contributed by atoms with van der Waals surface area (Å²) in [4.78, 5) is 12.1. The molecule has 0 aromatic heterocycles. The molecular formula is C16H13BrF2N2O. The van der Waals surface area contributed by atoms with Crippen molar-refractivity contribution in [1.29, 1.82) is 0 Å². The maximum Gasteiger partial charge on any atom is 0.320 e. The number of benzene rings is 2. The molecule has 2 aromatic rings. The van der Waals surface area contributed by atoms with Crippen molar-refractivity contribution < 1.29 is 13.6 Å². The van der Waals surface area contributed by atoms with Crippen LogP contribution in [0.1, 0.15) is 18.4 Å². The number of carbonyl (C=O) groups excluding carboxylic acids is 1. The van der Waals surface area contributed by atoms with Gasteiger partial charge in [-0.25, -0.2) is 13.6 Å². The molecule has 1 aliphatic rings. The number of nitrogens with one attached hydrogen (secondary N) is 2. The van der Waals surface area contributed by atoms with Crippen molar-refractivity contribution in [2.75, 3.05) is 5.32 Å². The van der Waals surface area contributed by atoms with Crippen LogP contribution in [0.4, 0.5) is 19.3 Å². The van der Waals surface area contributed by atoms with Gasteiger partial charge < -0.3 is 10.6 Å². The van der Waals surface area contributed by atoms with Gasteiger partial charge in [0.1, 0.15) is 11.6 Å². The lowest BCUT2D eigenvalue weighted by molar-refractivity contribution is 0.247. The Morgan fingerprint density at radius 2 is 1.77 bits per heavy atom. The van der Waals surface area contributed by atoms with E-state index in [0.717, 1.165) is 35.0 Å². The molecule has 0 unspecified atom stereocenters. The van der Waals surface area contributed by atoms with Gasteiger partial charge in [0.05, 0.1) is 11.2 Å². The van der Waals surface area contributed by atoms with E-state index in [-0.39, 0.29) is 5.69 Å². The first-order valence-corrected chi connectivity index (χ1v) is 7.58. The Labute approximate surface area is 134 Å². The molecule has 0 bridgehead atoms. The Morgan fingerprint density at radius 3 is 2.36 bits per heavy atom. The normalized spacial score (nSPS) is 15.2. The third-order valence-corrected chi connectivity index (χ3v) is 4.21. The van der Waals surface area contributed by atoms with Gasteiger partial charge in [-0.2, -0.15) is 0 Å². The smallest absolute Gasteiger partial charge is 0.320 e. The molecule has 0 radical (unpaired) electrons. The van der Waals surface area contributed by atoms with Crippen LogP contribution in [0.3, 0.4) is 0 Å². The average molecular weight is 367 g/mol. The van der Waals surface area contributed by atoms with Gasteiger partial charge in [-0.05, 0) is 42.7 Å². The summed E-state index contributed by atoms with van der Waals surface area (Å²) in [5.74, 6) is -1.49. The van der Waals surface area contributed by atoms with Crippen molar-refractivity contribution in [3.05, 3.63) is 64.1 Å². The summed E-state index contributed by atoms with van der Waals surface area (Å²) >= 11 is 3.37. The van der Waals surface area contributed by atoms with E-state index in [0.29, 0.717) is 0 Å². The number of urea groups is 1. The highest BCUT2D eigenvalue weighted by molar-refractivity contribution is 9.10. The Kier molecular flexibility index (Phi) is 3.87. The van der Waals surface area contributed by atoms with Crippen molar-refractivity contribution >= 4 is 27.6 Å². The molecule has 22 heavy (non-hydrogen) atoms. The number of rotatable bonds is 3. The first-order valence-electron chi connectivity index (χ1n) is 6.79. The van der Waals surface area contributed by atoms with Crippen LogP contribution in [-0.2, 0) is 5.54 Å². The summed E-state index contributed by atoms with van der Waals surface area (Å²) < 4.78 is 27.3. The van der Waals surface area contributed by atoms with Gasteiger partial charge in [-0.15, -0.1) is 0 Å². The molecule has 3 rings (SSSR count). The van der Waals surface area contributed by atoms with E-state index < -0.39 is 23.2 Å². The summed E-state index contributed by atoms with van der Waals surface area (Å²) in [5, 5.41) is 5.28. The molecule has 1 fully saturated rings. The molecular weight excluding hydrogens is 354 g/mol. The molecule has 2 amide bonds. The molecule has 0 spiro atoms. The van der Waals surface area contributed by atoms with Crippen molar-refractivity contribution in [3.63, 3.8) is 0 Å². The van der Waals surface area contributed by atoms with Crippen LogP contribution >= 0.6 is 15.9 Å². The van der Waals surface area contributed by atoms with Crippen LogP contribution in [0.15, 0.2) is 46.9 Å². The summed E-state index contributed by atoms with van der Waals surface area (Å²) in [6, 6.07) is 10.2. The summed E-state index contributed by atoms with van der Waals surface area (Å²) in [6.45, 7) is 0. The highest BCUT2D eigenvalue weighted by Crippen LogP contribution is 2.45. The second-order valence-corrected chi connectivity index (χ2v) is 6.21. The summed E-state index contributed by atoms with van der Waals surface area (Å²) in [7, 11) is 0. The van der Waals surface area contributed by atoms with Crippen LogP contribution in [-0.4, -0.2) is 6.03 Å². The number of hydrogen-bond acceptors (Lipinski definition) is 1. The third kappa shape index (κ3) is 3.11. The minimum absolute atomic E-state index is 0.0505. The Bertz CT molecular complexity index is 715. The molecule has 2 aromatic carbocycles. The highest BCUT2D eigenvalue weighted by Gasteiger charge is 2.45. The van der Waals surface area contributed by atoms with Gasteiger partial charge in [0, 0.05) is 10.5 Å². The molecule has 0 atom stereocenters. The maximum absolute atomic E-state index is 13.5. The van der Waals surface area contributed by atoms with E-state index >= 15 is 0 Å². The van der Waals surface area contributed by atoms with Crippen LogP contribution in [0, 0.1) is 11.6 Å². The topological polar surface area (TPSA) is 41.1 Å². The van der Waals surface area contributed by atoms with Gasteiger partial charge in [0.2, 0.25) is 0 Å². The predicted molar refractivity (Wildman–Crippen MR) is 83.6 cm³/mol. The van der Waals surface area contributed by atoms with E-state index in [2.05, 4.69) is 26.6 Å². The molecule has 1 aliphatic carbocycles. The minimum Gasteiger partial charge on any atom is -0.328 e. The molecule has 0 saturated heterocycles. The molecule has 114 valence electrons. The average Bonchev–Trinajstić information content (AvgIpc) is 3.23. The quantitative estimate of drug-likeness (QED) is 0.822. The minimum atomic E-state index is -0.802. The highest BCUT2D eigenvalue weighted by atomic mass is 79.9. The maximum atomic E-state index is 13.5. The third-order valence-electron chi connectivity index (χ3n) is 3.68. The number of carbonyl (C=O) groups is 1. The van der Waals surface area contributed by atoms with E-state index in [1.165, 1.54) is 6.07 Å². The van der Waals surface area contributed by atoms with E-state index in [9.17, 15) is 13.6 Å². The number of halogens is 3. The zero-order valence-electron chi connectivity index (χ0n) is 11.5. The fraction of sp³-hybridized carbons (Fsp3) is 0.188. The van der Waals surface area contributed by atoms with Gasteiger partial charge in [0.15, 0.2) is 0 Å². The van der Waals surface area contributed by atoms with Gasteiger partial charge in [-0.1, -0.05) is 28.1 Å². The van der Waals surface area contributed by atoms with Gasteiger partial charge in [-0.3, -0.25) is 0 Å². The molecule has 1 saturated carbocycles. The van der Waals surface area contributed by atoms with Crippen LogP contribution in [0.5, 0.6) is 0 Å². The number of amides is 2. The van der Waals surface area contributed by atoms with Crippen molar-refractivity contribution in [3.8, 4) is 0 Å². The van der Waals surface area contributed by atoms with Crippen LogP contribution < -0.4 is 10.6 Å². The molecule has 6 heteroatoms. The lowest BCUT2D eigenvalue weighted by Crippen LogP contribution is -2.38. The van der Waals surface area contributed by atoms with Gasteiger partial charge >= 0.3 is 6.03 Å². The SMILES string of the molecule is O=C(Nc1ccc(F)cc1F)NC1(c2ccc(Br)cc2)CC1.